The molecule has 0 spiro atoms. The molecule has 2 rings (SSSR count). The van der Waals surface area contributed by atoms with Gasteiger partial charge in [-0.05, 0) is 38.9 Å². The third-order valence-corrected chi connectivity index (χ3v) is 5.31. The van der Waals surface area contributed by atoms with Crippen LogP contribution in [-0.4, -0.2) is 24.5 Å². The second kappa shape index (κ2) is 6.69. The summed E-state index contributed by atoms with van der Waals surface area (Å²) in [6.45, 7) is 2.90. The number of hydrogen-bond donors (Lipinski definition) is 1. The molecule has 0 radical (unpaired) electrons. The minimum atomic E-state index is 0.409. The van der Waals surface area contributed by atoms with Crippen molar-refractivity contribution < 1.29 is 0 Å². The molecule has 2 nitrogen and oxygen atoms in total. The van der Waals surface area contributed by atoms with Crippen LogP contribution in [0.15, 0.2) is 12.1 Å². The van der Waals surface area contributed by atoms with Gasteiger partial charge in [0.05, 0.1) is 6.04 Å². The molecule has 1 aliphatic carbocycles. The van der Waals surface area contributed by atoms with E-state index in [2.05, 4.69) is 31.0 Å². The number of nitrogens with zero attached hydrogens (tertiary/aromatic N) is 1. The molecule has 1 atom stereocenters. The van der Waals surface area contributed by atoms with E-state index in [1.165, 1.54) is 48.3 Å². The van der Waals surface area contributed by atoms with E-state index >= 15 is 0 Å². The Hall–Kier alpha value is -0.380. The molecule has 0 amide bonds. The minimum absolute atomic E-state index is 0.409. The fourth-order valence-corrected chi connectivity index (χ4v) is 4.08. The molecule has 102 valence electrons. The fourth-order valence-electron chi connectivity index (χ4n) is 3.04. The second-order valence-corrected chi connectivity index (χ2v) is 6.83. The zero-order valence-corrected chi connectivity index (χ0v) is 12.5. The van der Waals surface area contributed by atoms with Crippen molar-refractivity contribution in [1.29, 1.82) is 0 Å². The monoisotopic (exact) mass is 266 g/mol. The number of thiophene rings is 1. The molecule has 1 aromatic heterocycles. The molecule has 18 heavy (non-hydrogen) atoms. The number of rotatable bonds is 4. The van der Waals surface area contributed by atoms with E-state index in [-0.39, 0.29) is 0 Å². The predicted octanol–water partition coefficient (Wildman–Crippen LogP) is 3.71. The van der Waals surface area contributed by atoms with Crippen LogP contribution >= 0.6 is 11.3 Å². The van der Waals surface area contributed by atoms with Crippen LogP contribution in [0.3, 0.4) is 0 Å². The quantitative estimate of drug-likeness (QED) is 0.842. The largest absolute Gasteiger partial charge is 0.329 e. The van der Waals surface area contributed by atoms with Gasteiger partial charge in [-0.1, -0.05) is 25.7 Å². The summed E-state index contributed by atoms with van der Waals surface area (Å²) in [6.07, 6.45) is 8.28. The molecule has 1 unspecified atom stereocenters. The van der Waals surface area contributed by atoms with Crippen molar-refractivity contribution in [3.8, 4) is 0 Å². The second-order valence-electron chi connectivity index (χ2n) is 5.51. The molecular formula is C15H26N2S. The van der Waals surface area contributed by atoms with E-state index in [1.807, 2.05) is 11.3 Å². The van der Waals surface area contributed by atoms with Gasteiger partial charge in [-0.3, -0.25) is 4.90 Å². The predicted molar refractivity (Wildman–Crippen MR) is 80.1 cm³/mol. The Labute approximate surface area is 115 Å². The Bertz CT molecular complexity index is 353. The highest BCUT2D eigenvalue weighted by Crippen LogP contribution is 2.31. The molecule has 0 saturated heterocycles. The summed E-state index contributed by atoms with van der Waals surface area (Å²) in [7, 11) is 2.27. The minimum Gasteiger partial charge on any atom is -0.329 e. The normalized spacial score (nSPS) is 20.0. The lowest BCUT2D eigenvalue weighted by Crippen LogP contribution is -2.38. The maximum Gasteiger partial charge on any atom is 0.0564 e. The lowest BCUT2D eigenvalue weighted by molar-refractivity contribution is 0.163. The Morgan fingerprint density at radius 2 is 1.94 bits per heavy atom. The summed E-state index contributed by atoms with van der Waals surface area (Å²) in [4.78, 5) is 5.36. The first-order chi connectivity index (χ1) is 8.72. The Kier molecular flexibility index (Phi) is 5.22. The summed E-state index contributed by atoms with van der Waals surface area (Å²) in [5.74, 6) is 0. The molecule has 0 aromatic carbocycles. The molecule has 0 aliphatic heterocycles. The lowest BCUT2D eigenvalue weighted by atomic mass is 10.0. The van der Waals surface area contributed by atoms with Gasteiger partial charge in [0.2, 0.25) is 0 Å². The molecule has 1 heterocycles. The van der Waals surface area contributed by atoms with E-state index in [1.54, 1.807) is 0 Å². The highest BCUT2D eigenvalue weighted by atomic mass is 32.1. The van der Waals surface area contributed by atoms with Gasteiger partial charge in [0, 0.05) is 22.3 Å². The summed E-state index contributed by atoms with van der Waals surface area (Å²) < 4.78 is 0. The van der Waals surface area contributed by atoms with Crippen LogP contribution in [0.1, 0.15) is 54.3 Å². The highest BCUT2D eigenvalue weighted by Gasteiger charge is 2.24. The highest BCUT2D eigenvalue weighted by molar-refractivity contribution is 7.12. The number of hydrogen-bond acceptors (Lipinski definition) is 3. The van der Waals surface area contributed by atoms with Gasteiger partial charge in [-0.25, -0.2) is 0 Å². The maximum atomic E-state index is 6.03. The van der Waals surface area contributed by atoms with Gasteiger partial charge in [0.15, 0.2) is 0 Å². The van der Waals surface area contributed by atoms with Crippen molar-refractivity contribution in [1.82, 2.24) is 4.90 Å². The van der Waals surface area contributed by atoms with Crippen LogP contribution in [0.4, 0.5) is 0 Å². The van der Waals surface area contributed by atoms with Crippen molar-refractivity contribution in [2.45, 2.75) is 57.5 Å². The van der Waals surface area contributed by atoms with E-state index in [0.717, 1.165) is 12.6 Å². The molecule has 3 heteroatoms. The molecular weight excluding hydrogens is 240 g/mol. The molecule has 1 aliphatic rings. The molecule has 1 aromatic rings. The van der Waals surface area contributed by atoms with Gasteiger partial charge >= 0.3 is 0 Å². The van der Waals surface area contributed by atoms with Crippen molar-refractivity contribution in [2.24, 2.45) is 5.73 Å². The van der Waals surface area contributed by atoms with E-state index < -0.39 is 0 Å². The smallest absolute Gasteiger partial charge is 0.0564 e. The standard InChI is InChI=1S/C15H26N2S/c1-12-9-10-15(18-12)14(11-16)17(2)13-7-5-3-4-6-8-13/h9-10,13-14H,3-8,11,16H2,1-2H3. The third kappa shape index (κ3) is 3.34. The summed E-state index contributed by atoms with van der Waals surface area (Å²) in [5, 5.41) is 0. The average molecular weight is 266 g/mol. The van der Waals surface area contributed by atoms with Crippen molar-refractivity contribution >= 4 is 11.3 Å². The van der Waals surface area contributed by atoms with Gasteiger partial charge < -0.3 is 5.73 Å². The lowest BCUT2D eigenvalue weighted by Gasteiger charge is -2.33. The van der Waals surface area contributed by atoms with Crippen molar-refractivity contribution in [3.63, 3.8) is 0 Å². The SMILES string of the molecule is Cc1ccc(C(CN)N(C)C2CCCCCC2)s1. The Morgan fingerprint density at radius 3 is 2.44 bits per heavy atom. The van der Waals surface area contributed by atoms with Gasteiger partial charge in [-0.15, -0.1) is 11.3 Å². The summed E-state index contributed by atoms with van der Waals surface area (Å²) in [5.41, 5.74) is 6.03. The van der Waals surface area contributed by atoms with Crippen molar-refractivity contribution in [3.05, 3.63) is 21.9 Å². The van der Waals surface area contributed by atoms with Crippen LogP contribution < -0.4 is 5.73 Å². The number of likely N-dealkylation sites (N-methyl/N-ethyl adjacent to an activating group) is 1. The Balaban J connectivity index is 2.06. The first-order valence-corrected chi connectivity index (χ1v) is 8.02. The maximum absolute atomic E-state index is 6.03. The third-order valence-electron chi connectivity index (χ3n) is 4.21. The Morgan fingerprint density at radius 1 is 1.28 bits per heavy atom. The molecule has 1 fully saturated rings. The van der Waals surface area contributed by atoms with E-state index in [4.69, 9.17) is 5.73 Å². The van der Waals surface area contributed by atoms with Crippen LogP contribution in [-0.2, 0) is 0 Å². The summed E-state index contributed by atoms with van der Waals surface area (Å²) in [6, 6.07) is 5.60. The number of aryl methyl sites for hydroxylation is 1. The fraction of sp³-hybridized carbons (Fsp3) is 0.733. The van der Waals surface area contributed by atoms with Gasteiger partial charge in [0.25, 0.3) is 0 Å². The number of nitrogens with two attached hydrogens (primary N) is 1. The average Bonchev–Trinajstić information content (AvgIpc) is 2.65. The van der Waals surface area contributed by atoms with Gasteiger partial charge in [0.1, 0.15) is 0 Å². The van der Waals surface area contributed by atoms with E-state index in [0.29, 0.717) is 6.04 Å². The van der Waals surface area contributed by atoms with Crippen LogP contribution in [0.2, 0.25) is 0 Å². The molecule has 1 saturated carbocycles. The van der Waals surface area contributed by atoms with Gasteiger partial charge in [-0.2, -0.15) is 0 Å². The first kappa shape index (κ1) is 14.0. The van der Waals surface area contributed by atoms with Crippen LogP contribution in [0.5, 0.6) is 0 Å². The zero-order valence-electron chi connectivity index (χ0n) is 11.7. The van der Waals surface area contributed by atoms with Crippen molar-refractivity contribution in [2.75, 3.05) is 13.6 Å². The topological polar surface area (TPSA) is 29.3 Å². The molecule has 0 bridgehead atoms. The summed E-state index contributed by atoms with van der Waals surface area (Å²) >= 11 is 1.90. The first-order valence-electron chi connectivity index (χ1n) is 7.20. The molecule has 2 N–H and O–H groups in total. The van der Waals surface area contributed by atoms with E-state index in [9.17, 15) is 0 Å². The zero-order chi connectivity index (χ0) is 13.0. The van der Waals surface area contributed by atoms with Crippen LogP contribution in [0.25, 0.3) is 0 Å². The van der Waals surface area contributed by atoms with Crippen LogP contribution in [0, 0.1) is 6.92 Å².